The molecule has 1 unspecified atom stereocenters. The van der Waals surface area contributed by atoms with Gasteiger partial charge in [0.25, 0.3) is 0 Å². The van der Waals surface area contributed by atoms with Crippen LogP contribution in [0.1, 0.15) is 20.8 Å². The number of likely N-dealkylation sites (N-methyl/N-ethyl adjacent to an activating group) is 1. The van der Waals surface area contributed by atoms with Crippen molar-refractivity contribution in [1.29, 1.82) is 5.26 Å². The van der Waals surface area contributed by atoms with Crippen molar-refractivity contribution in [1.82, 2.24) is 4.90 Å². The molecule has 0 spiro atoms. The summed E-state index contributed by atoms with van der Waals surface area (Å²) in [4.78, 5) is 2.04. The molecule has 90 valence electrons. The SMILES string of the molecule is CC.CN(Cc1ccccc1)CC(N)C#N.[HH]. The van der Waals surface area contributed by atoms with E-state index in [1.807, 2.05) is 50.1 Å². The van der Waals surface area contributed by atoms with Crippen molar-refractivity contribution in [2.45, 2.75) is 26.4 Å². The molecule has 0 aliphatic carbocycles. The minimum Gasteiger partial charge on any atom is -0.315 e. The Hall–Kier alpha value is -1.37. The van der Waals surface area contributed by atoms with Crippen molar-refractivity contribution in [2.75, 3.05) is 13.6 Å². The van der Waals surface area contributed by atoms with Gasteiger partial charge in [-0.05, 0) is 12.6 Å². The molecule has 16 heavy (non-hydrogen) atoms. The number of nitrogens with zero attached hydrogens (tertiary/aromatic N) is 2. The molecule has 0 aliphatic rings. The molecular formula is C13H23N3. The number of nitrogens with two attached hydrogens (primary N) is 1. The Morgan fingerprint density at radius 2 is 1.94 bits per heavy atom. The molecule has 0 saturated heterocycles. The first-order valence-electron chi connectivity index (χ1n) is 5.60. The second-order valence-corrected chi connectivity index (χ2v) is 3.42. The zero-order valence-corrected chi connectivity index (χ0v) is 10.4. The van der Waals surface area contributed by atoms with Crippen LogP contribution in [0.25, 0.3) is 0 Å². The van der Waals surface area contributed by atoms with Crippen LogP contribution >= 0.6 is 0 Å². The Labute approximate surface area is 100.0 Å². The Morgan fingerprint density at radius 3 is 2.44 bits per heavy atom. The second kappa shape index (κ2) is 8.90. The highest BCUT2D eigenvalue weighted by Gasteiger charge is 2.05. The van der Waals surface area contributed by atoms with Crippen LogP contribution < -0.4 is 5.73 Å². The Balaban J connectivity index is 0. The van der Waals surface area contributed by atoms with Gasteiger partial charge < -0.3 is 5.73 Å². The fourth-order valence-electron chi connectivity index (χ4n) is 1.34. The van der Waals surface area contributed by atoms with E-state index in [1.54, 1.807) is 0 Å². The highest BCUT2D eigenvalue weighted by Crippen LogP contribution is 2.02. The molecule has 3 heteroatoms. The standard InChI is InChI=1S/C11H15N3.C2H6.H2/c1-14(9-11(13)7-12)8-10-5-3-2-4-6-10;1-2;/h2-6,11H,8-9,13H2,1H3;1-2H3;1H. The summed E-state index contributed by atoms with van der Waals surface area (Å²) in [6.07, 6.45) is 0. The number of hydrogen-bond donors (Lipinski definition) is 1. The molecule has 1 rings (SSSR count). The van der Waals surface area contributed by atoms with Gasteiger partial charge in [0.05, 0.1) is 6.07 Å². The predicted molar refractivity (Wildman–Crippen MR) is 69.8 cm³/mol. The average Bonchev–Trinajstić information content (AvgIpc) is 2.32. The van der Waals surface area contributed by atoms with Crippen LogP contribution in [0.5, 0.6) is 0 Å². The van der Waals surface area contributed by atoms with E-state index in [9.17, 15) is 0 Å². The lowest BCUT2D eigenvalue weighted by Crippen LogP contribution is -2.33. The average molecular weight is 221 g/mol. The lowest BCUT2D eigenvalue weighted by molar-refractivity contribution is 0.320. The number of hydrogen-bond acceptors (Lipinski definition) is 3. The van der Waals surface area contributed by atoms with Crippen LogP contribution in [0.3, 0.4) is 0 Å². The van der Waals surface area contributed by atoms with Crippen LogP contribution in [0.4, 0.5) is 0 Å². The zero-order valence-electron chi connectivity index (χ0n) is 10.4. The van der Waals surface area contributed by atoms with Crippen molar-refractivity contribution in [3.05, 3.63) is 35.9 Å². The van der Waals surface area contributed by atoms with E-state index in [4.69, 9.17) is 11.0 Å². The smallest absolute Gasteiger partial charge is 0.106 e. The molecule has 1 aromatic rings. The second-order valence-electron chi connectivity index (χ2n) is 3.42. The molecular weight excluding hydrogens is 198 g/mol. The topological polar surface area (TPSA) is 53.0 Å². The van der Waals surface area contributed by atoms with Gasteiger partial charge in [-0.25, -0.2) is 0 Å². The van der Waals surface area contributed by atoms with Gasteiger partial charge in [-0.3, -0.25) is 4.90 Å². The first-order valence-corrected chi connectivity index (χ1v) is 5.60. The number of nitriles is 1. The van der Waals surface area contributed by atoms with Gasteiger partial charge in [0.2, 0.25) is 0 Å². The third kappa shape index (κ3) is 6.18. The Morgan fingerprint density at radius 1 is 1.38 bits per heavy atom. The van der Waals surface area contributed by atoms with E-state index in [1.165, 1.54) is 5.56 Å². The van der Waals surface area contributed by atoms with Gasteiger partial charge >= 0.3 is 0 Å². The van der Waals surface area contributed by atoms with Crippen molar-refractivity contribution in [3.8, 4) is 6.07 Å². The van der Waals surface area contributed by atoms with Crippen molar-refractivity contribution < 1.29 is 1.43 Å². The minimum atomic E-state index is -0.399. The van der Waals surface area contributed by atoms with E-state index in [0.29, 0.717) is 6.54 Å². The summed E-state index contributed by atoms with van der Waals surface area (Å²) in [5, 5.41) is 8.55. The molecule has 0 radical (unpaired) electrons. The van der Waals surface area contributed by atoms with E-state index in [2.05, 4.69) is 12.1 Å². The van der Waals surface area contributed by atoms with Crippen LogP contribution in [-0.4, -0.2) is 24.5 Å². The number of rotatable bonds is 4. The maximum Gasteiger partial charge on any atom is 0.106 e. The van der Waals surface area contributed by atoms with Crippen LogP contribution in [0, 0.1) is 11.3 Å². The lowest BCUT2D eigenvalue weighted by Gasteiger charge is -2.17. The molecule has 0 amide bonds. The van der Waals surface area contributed by atoms with Crippen molar-refractivity contribution >= 4 is 0 Å². The van der Waals surface area contributed by atoms with Gasteiger partial charge in [-0.2, -0.15) is 5.26 Å². The van der Waals surface area contributed by atoms with Gasteiger partial charge in [-0.15, -0.1) is 0 Å². The highest BCUT2D eigenvalue weighted by atomic mass is 15.1. The Bertz CT molecular complexity index is 308. The van der Waals surface area contributed by atoms with Gasteiger partial charge in [0, 0.05) is 14.5 Å². The molecule has 0 bridgehead atoms. The Kier molecular flexibility index (Phi) is 8.14. The van der Waals surface area contributed by atoms with Crippen LogP contribution in [0.2, 0.25) is 0 Å². The van der Waals surface area contributed by atoms with Crippen LogP contribution in [-0.2, 0) is 6.54 Å². The molecule has 0 aromatic heterocycles. The minimum absolute atomic E-state index is 0. The first-order chi connectivity index (χ1) is 7.72. The quantitative estimate of drug-likeness (QED) is 0.848. The van der Waals surface area contributed by atoms with Gasteiger partial charge in [0.1, 0.15) is 6.04 Å². The number of benzene rings is 1. The highest BCUT2D eigenvalue weighted by molar-refractivity contribution is 5.14. The molecule has 0 aliphatic heterocycles. The summed E-state index contributed by atoms with van der Waals surface area (Å²) in [6.45, 7) is 5.43. The third-order valence-corrected chi connectivity index (χ3v) is 1.97. The van der Waals surface area contributed by atoms with E-state index < -0.39 is 6.04 Å². The van der Waals surface area contributed by atoms with E-state index >= 15 is 0 Å². The largest absolute Gasteiger partial charge is 0.315 e. The maximum atomic E-state index is 8.55. The third-order valence-electron chi connectivity index (χ3n) is 1.97. The lowest BCUT2D eigenvalue weighted by atomic mass is 10.2. The fraction of sp³-hybridized carbons (Fsp3) is 0.462. The van der Waals surface area contributed by atoms with Crippen molar-refractivity contribution in [2.24, 2.45) is 5.73 Å². The fourth-order valence-corrected chi connectivity index (χ4v) is 1.34. The normalized spacial score (nSPS) is 11.2. The molecule has 0 fully saturated rings. The van der Waals surface area contributed by atoms with E-state index in [-0.39, 0.29) is 1.43 Å². The summed E-state index contributed by atoms with van der Waals surface area (Å²) in [7, 11) is 1.96. The predicted octanol–water partition coefficient (Wildman–Crippen LogP) is 2.24. The van der Waals surface area contributed by atoms with Gasteiger partial charge in [-0.1, -0.05) is 44.2 Å². The van der Waals surface area contributed by atoms with Crippen LogP contribution in [0.15, 0.2) is 30.3 Å². The summed E-state index contributed by atoms with van der Waals surface area (Å²) in [5.41, 5.74) is 6.76. The first kappa shape index (κ1) is 14.6. The summed E-state index contributed by atoms with van der Waals surface area (Å²) in [6, 6.07) is 11.8. The molecule has 0 heterocycles. The summed E-state index contributed by atoms with van der Waals surface area (Å²) in [5.74, 6) is 0. The maximum absolute atomic E-state index is 8.55. The van der Waals surface area contributed by atoms with E-state index in [0.717, 1.165) is 6.54 Å². The molecule has 1 aromatic carbocycles. The molecule has 0 saturated carbocycles. The summed E-state index contributed by atoms with van der Waals surface area (Å²) >= 11 is 0. The summed E-state index contributed by atoms with van der Waals surface area (Å²) < 4.78 is 0. The molecule has 1 atom stereocenters. The van der Waals surface area contributed by atoms with Gasteiger partial charge in [0.15, 0.2) is 0 Å². The van der Waals surface area contributed by atoms with Crippen molar-refractivity contribution in [3.63, 3.8) is 0 Å². The molecule has 3 nitrogen and oxygen atoms in total. The zero-order chi connectivity index (χ0) is 12.4. The monoisotopic (exact) mass is 221 g/mol. The molecule has 2 N–H and O–H groups in total.